The van der Waals surface area contributed by atoms with Gasteiger partial charge in [-0.25, -0.2) is 0 Å². The van der Waals surface area contributed by atoms with Crippen molar-refractivity contribution in [1.82, 2.24) is 10.6 Å². The van der Waals surface area contributed by atoms with E-state index < -0.39 is 6.04 Å². The van der Waals surface area contributed by atoms with Crippen molar-refractivity contribution in [2.24, 2.45) is 0 Å². The van der Waals surface area contributed by atoms with E-state index in [1.807, 2.05) is 13.8 Å². The molecule has 0 fully saturated rings. The number of hydrogen-bond acceptors (Lipinski definition) is 2. The van der Waals surface area contributed by atoms with Gasteiger partial charge in [-0.05, 0) is 61.6 Å². The summed E-state index contributed by atoms with van der Waals surface area (Å²) in [4.78, 5) is 23.6. The molecule has 1 unspecified atom stereocenters. The minimum Gasteiger partial charge on any atom is -0.352 e. The summed E-state index contributed by atoms with van der Waals surface area (Å²) in [5.74, 6) is -0.523. The number of rotatable bonds is 4. The molecular weight excluding hydrogens is 379 g/mol. The van der Waals surface area contributed by atoms with E-state index in [0.29, 0.717) is 10.6 Å². The second-order valence-corrected chi connectivity index (χ2v) is 6.06. The summed E-state index contributed by atoms with van der Waals surface area (Å²) in [7, 11) is 0. The van der Waals surface area contributed by atoms with Crippen molar-refractivity contribution in [3.8, 4) is 0 Å². The van der Waals surface area contributed by atoms with Crippen molar-refractivity contribution in [2.75, 3.05) is 0 Å². The number of carbonyl (C=O) groups is 2. The minimum absolute atomic E-state index is 0.0413. The van der Waals surface area contributed by atoms with Crippen molar-refractivity contribution in [3.63, 3.8) is 0 Å². The first-order valence-electron chi connectivity index (χ1n) is 5.87. The van der Waals surface area contributed by atoms with Crippen LogP contribution in [0.25, 0.3) is 0 Å². The topological polar surface area (TPSA) is 58.2 Å². The normalized spacial score (nSPS) is 12.1. The largest absolute Gasteiger partial charge is 0.352 e. The molecule has 0 spiro atoms. The van der Waals surface area contributed by atoms with Crippen LogP contribution in [0.1, 0.15) is 31.1 Å². The molecule has 2 N–H and O–H groups in total. The van der Waals surface area contributed by atoms with Crippen molar-refractivity contribution in [1.29, 1.82) is 0 Å². The molecule has 1 aromatic carbocycles. The van der Waals surface area contributed by atoms with Gasteiger partial charge < -0.3 is 10.6 Å². The molecule has 0 aromatic heterocycles. The maximum absolute atomic E-state index is 12.0. The molecule has 0 aliphatic rings. The average Bonchev–Trinajstić information content (AvgIpc) is 2.31. The van der Waals surface area contributed by atoms with Crippen LogP contribution in [0.15, 0.2) is 18.2 Å². The summed E-state index contributed by atoms with van der Waals surface area (Å²) in [6, 6.07) is 4.48. The Balaban J connectivity index is 2.68. The maximum Gasteiger partial charge on any atom is 0.251 e. The van der Waals surface area contributed by atoms with E-state index in [-0.39, 0.29) is 17.9 Å². The summed E-state index contributed by atoms with van der Waals surface area (Å²) >= 11 is 8.04. The van der Waals surface area contributed by atoms with Crippen LogP contribution in [-0.2, 0) is 4.79 Å². The Morgan fingerprint density at radius 1 is 1.21 bits per heavy atom. The molecule has 0 aliphatic heterocycles. The van der Waals surface area contributed by atoms with Gasteiger partial charge in [-0.1, -0.05) is 11.6 Å². The van der Waals surface area contributed by atoms with Gasteiger partial charge in [0.2, 0.25) is 5.91 Å². The van der Waals surface area contributed by atoms with Crippen LogP contribution in [0.3, 0.4) is 0 Å². The third-order valence-corrected chi connectivity index (χ3v) is 3.93. The first-order chi connectivity index (χ1) is 8.81. The number of halogens is 2. The van der Waals surface area contributed by atoms with Gasteiger partial charge in [-0.2, -0.15) is 0 Å². The standard InChI is InChI=1S/C13H16ClIN2O2/c1-7(2)16-12(18)8(3)17-13(19)9-4-5-11(15)10(14)6-9/h4-8H,1-3H3,(H,16,18)(H,17,19). The van der Waals surface area contributed by atoms with Crippen molar-refractivity contribution in [2.45, 2.75) is 32.9 Å². The third kappa shape index (κ3) is 4.99. The van der Waals surface area contributed by atoms with Crippen LogP contribution in [0.5, 0.6) is 0 Å². The summed E-state index contributed by atoms with van der Waals surface area (Å²) in [5, 5.41) is 5.90. The summed E-state index contributed by atoms with van der Waals surface area (Å²) in [5.41, 5.74) is 0.439. The van der Waals surface area contributed by atoms with Crippen LogP contribution in [0, 0.1) is 3.57 Å². The molecule has 1 rings (SSSR count). The lowest BCUT2D eigenvalue weighted by molar-refractivity contribution is -0.123. The number of amides is 2. The van der Waals surface area contributed by atoms with Crippen LogP contribution < -0.4 is 10.6 Å². The first-order valence-corrected chi connectivity index (χ1v) is 7.33. The molecule has 6 heteroatoms. The van der Waals surface area contributed by atoms with Gasteiger partial charge >= 0.3 is 0 Å². The first kappa shape index (κ1) is 16.2. The van der Waals surface area contributed by atoms with Gasteiger partial charge in [0, 0.05) is 15.2 Å². The number of hydrogen-bond donors (Lipinski definition) is 2. The van der Waals surface area contributed by atoms with Gasteiger partial charge in [0.1, 0.15) is 6.04 Å². The lowest BCUT2D eigenvalue weighted by atomic mass is 10.2. The average molecular weight is 395 g/mol. The molecule has 19 heavy (non-hydrogen) atoms. The van der Waals surface area contributed by atoms with E-state index >= 15 is 0 Å². The van der Waals surface area contributed by atoms with Gasteiger partial charge in [-0.3, -0.25) is 9.59 Å². The quantitative estimate of drug-likeness (QED) is 0.771. The lowest BCUT2D eigenvalue weighted by Gasteiger charge is -2.16. The Labute approximate surface area is 131 Å². The van der Waals surface area contributed by atoms with Gasteiger partial charge in [-0.15, -0.1) is 0 Å². The van der Waals surface area contributed by atoms with Crippen LogP contribution in [-0.4, -0.2) is 23.9 Å². The van der Waals surface area contributed by atoms with Crippen molar-refractivity contribution < 1.29 is 9.59 Å². The fraction of sp³-hybridized carbons (Fsp3) is 0.385. The highest BCUT2D eigenvalue weighted by Gasteiger charge is 2.17. The Morgan fingerprint density at radius 2 is 1.84 bits per heavy atom. The van der Waals surface area contributed by atoms with E-state index in [4.69, 9.17) is 11.6 Å². The van der Waals surface area contributed by atoms with Gasteiger partial charge in [0.15, 0.2) is 0 Å². The molecular formula is C13H16ClIN2O2. The number of nitrogens with one attached hydrogen (secondary N) is 2. The molecule has 0 saturated heterocycles. The molecule has 0 aliphatic carbocycles. The van der Waals surface area contributed by atoms with E-state index in [1.165, 1.54) is 0 Å². The van der Waals surface area contributed by atoms with Crippen molar-refractivity contribution >= 4 is 46.0 Å². The highest BCUT2D eigenvalue weighted by molar-refractivity contribution is 14.1. The lowest BCUT2D eigenvalue weighted by Crippen LogP contribution is -2.46. The maximum atomic E-state index is 12.0. The monoisotopic (exact) mass is 394 g/mol. The van der Waals surface area contributed by atoms with Crippen molar-refractivity contribution in [3.05, 3.63) is 32.4 Å². The fourth-order valence-corrected chi connectivity index (χ4v) is 1.91. The summed E-state index contributed by atoms with van der Waals surface area (Å²) in [6.07, 6.45) is 0. The summed E-state index contributed by atoms with van der Waals surface area (Å²) < 4.78 is 0.876. The van der Waals surface area contributed by atoms with Gasteiger partial charge in [0.25, 0.3) is 5.91 Å². The molecule has 2 amide bonds. The Hall–Kier alpha value is -0.820. The van der Waals surface area contributed by atoms with E-state index in [2.05, 4.69) is 33.2 Å². The molecule has 0 saturated carbocycles. The number of benzene rings is 1. The molecule has 1 atom stereocenters. The zero-order valence-corrected chi connectivity index (χ0v) is 13.9. The van der Waals surface area contributed by atoms with E-state index in [9.17, 15) is 9.59 Å². The SMILES string of the molecule is CC(C)NC(=O)C(C)NC(=O)c1ccc(I)c(Cl)c1. The van der Waals surface area contributed by atoms with E-state index in [1.54, 1.807) is 25.1 Å². The Kier molecular flexibility index (Phi) is 6.06. The second-order valence-electron chi connectivity index (χ2n) is 4.49. The molecule has 4 nitrogen and oxygen atoms in total. The van der Waals surface area contributed by atoms with Crippen LogP contribution in [0.4, 0.5) is 0 Å². The second kappa shape index (κ2) is 7.09. The molecule has 0 bridgehead atoms. The van der Waals surface area contributed by atoms with Crippen LogP contribution in [0.2, 0.25) is 5.02 Å². The fourth-order valence-electron chi connectivity index (χ4n) is 1.39. The zero-order valence-electron chi connectivity index (χ0n) is 11.0. The molecule has 0 radical (unpaired) electrons. The predicted octanol–water partition coefficient (Wildman–Crippen LogP) is 2.59. The smallest absolute Gasteiger partial charge is 0.251 e. The van der Waals surface area contributed by atoms with E-state index in [0.717, 1.165) is 3.57 Å². The highest BCUT2D eigenvalue weighted by Crippen LogP contribution is 2.19. The predicted molar refractivity (Wildman–Crippen MR) is 84.4 cm³/mol. The van der Waals surface area contributed by atoms with Gasteiger partial charge in [0.05, 0.1) is 5.02 Å². The minimum atomic E-state index is -0.590. The molecule has 104 valence electrons. The third-order valence-electron chi connectivity index (χ3n) is 2.35. The Morgan fingerprint density at radius 3 is 2.37 bits per heavy atom. The Bertz CT molecular complexity index is 492. The zero-order chi connectivity index (χ0) is 14.6. The number of carbonyl (C=O) groups excluding carboxylic acids is 2. The molecule has 1 aromatic rings. The summed E-state index contributed by atoms with van der Waals surface area (Å²) in [6.45, 7) is 5.38. The molecule has 0 heterocycles. The van der Waals surface area contributed by atoms with Crippen LogP contribution >= 0.6 is 34.2 Å². The highest BCUT2D eigenvalue weighted by atomic mass is 127.